The van der Waals surface area contributed by atoms with E-state index in [0.29, 0.717) is 11.6 Å². The van der Waals surface area contributed by atoms with Crippen molar-refractivity contribution in [3.8, 4) is 0 Å². The average Bonchev–Trinajstić information content (AvgIpc) is 2.91. The third-order valence-corrected chi connectivity index (χ3v) is 3.98. The second kappa shape index (κ2) is 5.10. The maximum absolute atomic E-state index is 12.0. The van der Waals surface area contributed by atoms with Crippen molar-refractivity contribution in [3.63, 3.8) is 0 Å². The summed E-state index contributed by atoms with van der Waals surface area (Å²) in [4.78, 5) is 14.9. The third kappa shape index (κ3) is 2.51. The molecule has 1 aromatic heterocycles. The Balaban J connectivity index is 1.66. The summed E-state index contributed by atoms with van der Waals surface area (Å²) in [5.41, 5.74) is 1.86. The molecule has 4 heteroatoms. The zero-order valence-electron chi connectivity index (χ0n) is 10.4. The molecule has 1 aliphatic rings. The first-order valence-electron chi connectivity index (χ1n) is 6.44. The highest BCUT2D eigenvalue weighted by Crippen LogP contribution is 2.37. The van der Waals surface area contributed by atoms with Crippen LogP contribution in [0.2, 0.25) is 5.02 Å². The molecule has 0 spiro atoms. The minimum Gasteiger partial charge on any atom is -0.357 e. The molecule has 0 aliphatic heterocycles. The van der Waals surface area contributed by atoms with Crippen molar-refractivity contribution >= 4 is 17.5 Å². The molecule has 0 unspecified atom stereocenters. The zero-order valence-corrected chi connectivity index (χ0v) is 11.2. The summed E-state index contributed by atoms with van der Waals surface area (Å²) in [6.45, 7) is 0. The van der Waals surface area contributed by atoms with Crippen LogP contribution in [0.15, 0.2) is 42.6 Å². The van der Waals surface area contributed by atoms with E-state index < -0.39 is 0 Å². The Morgan fingerprint density at radius 1 is 1.21 bits per heavy atom. The van der Waals surface area contributed by atoms with Gasteiger partial charge in [-0.15, -0.1) is 0 Å². The van der Waals surface area contributed by atoms with Gasteiger partial charge in [-0.05, 0) is 42.7 Å². The van der Waals surface area contributed by atoms with Crippen molar-refractivity contribution in [2.24, 2.45) is 0 Å². The number of nitrogens with one attached hydrogen (secondary N) is 2. The van der Waals surface area contributed by atoms with Crippen molar-refractivity contribution in [2.45, 2.75) is 24.8 Å². The number of rotatable bonds is 3. The maximum atomic E-state index is 12.0. The molecule has 1 fully saturated rings. The number of hydrogen-bond donors (Lipinski definition) is 2. The largest absolute Gasteiger partial charge is 0.357 e. The smallest absolute Gasteiger partial charge is 0.267 e. The number of aromatic amines is 1. The fraction of sp³-hybridized carbons (Fsp3) is 0.267. The van der Waals surface area contributed by atoms with Crippen LogP contribution in [0.4, 0.5) is 0 Å². The second-order valence-corrected chi connectivity index (χ2v) is 5.34. The molecule has 1 aliphatic carbocycles. The fourth-order valence-corrected chi connectivity index (χ4v) is 2.63. The number of carbonyl (C=O) groups excluding carboxylic acids is 1. The van der Waals surface area contributed by atoms with Crippen LogP contribution in [0.3, 0.4) is 0 Å². The monoisotopic (exact) mass is 274 g/mol. The van der Waals surface area contributed by atoms with Gasteiger partial charge in [0.25, 0.3) is 5.91 Å². The number of halogens is 1. The molecule has 0 saturated heterocycles. The molecule has 1 amide bonds. The van der Waals surface area contributed by atoms with Gasteiger partial charge in [0.2, 0.25) is 0 Å². The highest BCUT2D eigenvalue weighted by Gasteiger charge is 2.33. The van der Waals surface area contributed by atoms with Crippen LogP contribution >= 0.6 is 11.6 Å². The Kier molecular flexibility index (Phi) is 3.30. The summed E-state index contributed by atoms with van der Waals surface area (Å²) in [6.07, 6.45) is 3.89. The van der Waals surface area contributed by atoms with Crippen LogP contribution in [0.25, 0.3) is 0 Å². The third-order valence-electron chi connectivity index (χ3n) is 3.73. The molecular formula is C15H15ClN2O. The van der Waals surface area contributed by atoms with E-state index in [4.69, 9.17) is 11.6 Å². The molecule has 3 rings (SSSR count). The van der Waals surface area contributed by atoms with Gasteiger partial charge in [0.05, 0.1) is 0 Å². The van der Waals surface area contributed by atoms with Gasteiger partial charge < -0.3 is 10.3 Å². The molecule has 98 valence electrons. The van der Waals surface area contributed by atoms with E-state index in [1.807, 2.05) is 30.3 Å². The van der Waals surface area contributed by atoms with Gasteiger partial charge in [-0.2, -0.15) is 0 Å². The molecule has 2 N–H and O–H groups in total. The standard InChI is InChI=1S/C15H15ClN2O/c16-11-5-3-10(4-6-11)12-7-8-13(12)18-15(19)14-2-1-9-17-14/h1-6,9,12-13,17H,7-8H2,(H,18,19)/t12-,13-/m0/s1. The predicted octanol–water partition coefficient (Wildman–Crippen LogP) is 3.34. The normalized spacial score (nSPS) is 21.7. The summed E-state index contributed by atoms with van der Waals surface area (Å²) in [7, 11) is 0. The van der Waals surface area contributed by atoms with Crippen LogP contribution in [0.1, 0.15) is 34.8 Å². The van der Waals surface area contributed by atoms with Gasteiger partial charge in [0.15, 0.2) is 0 Å². The number of amides is 1. The summed E-state index contributed by atoms with van der Waals surface area (Å²) >= 11 is 5.89. The fourth-order valence-electron chi connectivity index (χ4n) is 2.50. The Labute approximate surface area is 117 Å². The van der Waals surface area contributed by atoms with E-state index >= 15 is 0 Å². The quantitative estimate of drug-likeness (QED) is 0.886. The van der Waals surface area contributed by atoms with Gasteiger partial charge in [-0.3, -0.25) is 4.79 Å². The molecule has 1 heterocycles. The molecular weight excluding hydrogens is 260 g/mol. The summed E-state index contributed by atoms with van der Waals surface area (Å²) < 4.78 is 0. The Bertz CT molecular complexity index is 562. The summed E-state index contributed by atoms with van der Waals surface area (Å²) in [5.74, 6) is 0.366. The van der Waals surface area contributed by atoms with Crippen LogP contribution in [0.5, 0.6) is 0 Å². The van der Waals surface area contributed by atoms with Crippen molar-refractivity contribution in [1.82, 2.24) is 10.3 Å². The number of benzene rings is 1. The van der Waals surface area contributed by atoms with Crippen molar-refractivity contribution in [3.05, 3.63) is 58.9 Å². The lowest BCUT2D eigenvalue weighted by molar-refractivity contribution is 0.0900. The lowest BCUT2D eigenvalue weighted by atomic mass is 9.75. The van der Waals surface area contributed by atoms with E-state index in [1.54, 1.807) is 12.3 Å². The summed E-state index contributed by atoms with van der Waals surface area (Å²) in [6, 6.07) is 11.7. The van der Waals surface area contributed by atoms with Crippen molar-refractivity contribution in [2.75, 3.05) is 0 Å². The van der Waals surface area contributed by atoms with E-state index in [9.17, 15) is 4.79 Å². The van der Waals surface area contributed by atoms with E-state index in [0.717, 1.165) is 17.9 Å². The van der Waals surface area contributed by atoms with Gasteiger partial charge in [0, 0.05) is 23.2 Å². The first-order valence-corrected chi connectivity index (χ1v) is 6.81. The molecule has 19 heavy (non-hydrogen) atoms. The van der Waals surface area contributed by atoms with Crippen LogP contribution in [-0.4, -0.2) is 16.9 Å². The summed E-state index contributed by atoms with van der Waals surface area (Å²) in [5, 5.41) is 3.82. The van der Waals surface area contributed by atoms with Gasteiger partial charge in [-0.1, -0.05) is 23.7 Å². The number of carbonyl (C=O) groups is 1. The predicted molar refractivity (Wildman–Crippen MR) is 75.5 cm³/mol. The number of hydrogen-bond acceptors (Lipinski definition) is 1. The average molecular weight is 275 g/mol. The Morgan fingerprint density at radius 3 is 2.58 bits per heavy atom. The first kappa shape index (κ1) is 12.3. The lowest BCUT2D eigenvalue weighted by Gasteiger charge is -2.37. The minimum atomic E-state index is -0.0336. The minimum absolute atomic E-state index is 0.0336. The van der Waals surface area contributed by atoms with Gasteiger partial charge >= 0.3 is 0 Å². The number of aromatic nitrogens is 1. The van der Waals surface area contributed by atoms with Crippen LogP contribution in [-0.2, 0) is 0 Å². The van der Waals surface area contributed by atoms with E-state index in [1.165, 1.54) is 5.56 Å². The van der Waals surface area contributed by atoms with E-state index in [2.05, 4.69) is 10.3 Å². The molecule has 0 bridgehead atoms. The second-order valence-electron chi connectivity index (χ2n) is 4.90. The zero-order chi connectivity index (χ0) is 13.2. The molecule has 2 aromatic rings. The SMILES string of the molecule is O=C(N[C@H]1CC[C@H]1c1ccc(Cl)cc1)c1ccc[nH]1. The molecule has 3 nitrogen and oxygen atoms in total. The first-order chi connectivity index (χ1) is 9.24. The van der Waals surface area contributed by atoms with E-state index in [-0.39, 0.29) is 11.9 Å². The van der Waals surface area contributed by atoms with Crippen molar-refractivity contribution in [1.29, 1.82) is 0 Å². The molecule has 1 saturated carbocycles. The molecule has 1 aromatic carbocycles. The number of H-pyrrole nitrogens is 1. The van der Waals surface area contributed by atoms with Crippen LogP contribution in [0, 0.1) is 0 Å². The maximum Gasteiger partial charge on any atom is 0.267 e. The van der Waals surface area contributed by atoms with Crippen LogP contribution < -0.4 is 5.32 Å². The lowest BCUT2D eigenvalue weighted by Crippen LogP contribution is -2.45. The highest BCUT2D eigenvalue weighted by atomic mass is 35.5. The Morgan fingerprint density at radius 2 is 2.00 bits per heavy atom. The molecule has 0 radical (unpaired) electrons. The molecule has 2 atom stereocenters. The Hall–Kier alpha value is -1.74. The van der Waals surface area contributed by atoms with Crippen molar-refractivity contribution < 1.29 is 4.79 Å². The van der Waals surface area contributed by atoms with Gasteiger partial charge in [0.1, 0.15) is 5.69 Å². The highest BCUT2D eigenvalue weighted by molar-refractivity contribution is 6.30. The topological polar surface area (TPSA) is 44.9 Å². The van der Waals surface area contributed by atoms with Gasteiger partial charge in [-0.25, -0.2) is 0 Å².